The molecule has 0 fully saturated rings. The smallest absolute Gasteiger partial charge is 0.322 e. The highest BCUT2D eigenvalue weighted by molar-refractivity contribution is 6.30. The Labute approximate surface area is 87.8 Å². The Morgan fingerprint density at radius 2 is 2.36 bits per heavy atom. The van der Waals surface area contributed by atoms with Crippen LogP contribution in [0.5, 0.6) is 0 Å². The SMILES string of the molecule is COC(=O)[C@H](N)Cc1cccc(Cl)c1. The van der Waals surface area contributed by atoms with Crippen LogP contribution in [0.4, 0.5) is 0 Å². The van der Waals surface area contributed by atoms with Crippen LogP contribution in [0, 0.1) is 0 Å². The lowest BCUT2D eigenvalue weighted by Gasteiger charge is -2.08. The van der Waals surface area contributed by atoms with Crippen molar-refractivity contribution in [1.29, 1.82) is 0 Å². The second-order valence-corrected chi connectivity index (χ2v) is 3.40. The molecule has 3 nitrogen and oxygen atoms in total. The molecule has 0 radical (unpaired) electrons. The molecular formula is C10H12ClNO2. The Balaban J connectivity index is 2.64. The summed E-state index contributed by atoms with van der Waals surface area (Å²) in [6, 6.07) is 6.62. The van der Waals surface area contributed by atoms with Gasteiger partial charge in [-0.15, -0.1) is 0 Å². The molecule has 0 heterocycles. The minimum Gasteiger partial charge on any atom is -0.468 e. The van der Waals surface area contributed by atoms with Crippen LogP contribution in [0.3, 0.4) is 0 Å². The summed E-state index contributed by atoms with van der Waals surface area (Å²) in [6.07, 6.45) is 0.438. The lowest BCUT2D eigenvalue weighted by molar-refractivity contribution is -0.142. The highest BCUT2D eigenvalue weighted by Gasteiger charge is 2.13. The van der Waals surface area contributed by atoms with Crippen molar-refractivity contribution in [2.75, 3.05) is 7.11 Å². The van der Waals surface area contributed by atoms with E-state index in [1.807, 2.05) is 12.1 Å². The highest BCUT2D eigenvalue weighted by Crippen LogP contribution is 2.11. The fourth-order valence-corrected chi connectivity index (χ4v) is 1.37. The van der Waals surface area contributed by atoms with Crippen molar-refractivity contribution in [3.05, 3.63) is 34.9 Å². The molecule has 0 unspecified atom stereocenters. The third-order valence-corrected chi connectivity index (χ3v) is 2.08. The molecule has 1 aromatic rings. The van der Waals surface area contributed by atoms with Gasteiger partial charge in [0.1, 0.15) is 6.04 Å². The van der Waals surface area contributed by atoms with Gasteiger partial charge in [-0.1, -0.05) is 23.7 Å². The molecule has 0 aliphatic rings. The molecule has 4 heteroatoms. The largest absolute Gasteiger partial charge is 0.468 e. The lowest BCUT2D eigenvalue weighted by atomic mass is 10.1. The summed E-state index contributed by atoms with van der Waals surface area (Å²) < 4.78 is 4.52. The van der Waals surface area contributed by atoms with Gasteiger partial charge in [0.25, 0.3) is 0 Å². The monoisotopic (exact) mass is 213 g/mol. The fourth-order valence-electron chi connectivity index (χ4n) is 1.15. The van der Waals surface area contributed by atoms with E-state index in [2.05, 4.69) is 4.74 Å². The van der Waals surface area contributed by atoms with E-state index in [1.165, 1.54) is 7.11 Å². The van der Waals surface area contributed by atoms with Crippen LogP contribution >= 0.6 is 11.6 Å². The molecular weight excluding hydrogens is 202 g/mol. The number of esters is 1. The Kier molecular flexibility index (Phi) is 3.92. The van der Waals surface area contributed by atoms with E-state index in [1.54, 1.807) is 12.1 Å². The van der Waals surface area contributed by atoms with Crippen LogP contribution in [0.25, 0.3) is 0 Å². The number of carbonyl (C=O) groups excluding carboxylic acids is 1. The van der Waals surface area contributed by atoms with Crippen molar-refractivity contribution in [1.82, 2.24) is 0 Å². The van der Waals surface area contributed by atoms with Gasteiger partial charge in [0.2, 0.25) is 0 Å². The van der Waals surface area contributed by atoms with E-state index in [-0.39, 0.29) is 0 Å². The number of benzene rings is 1. The molecule has 1 rings (SSSR count). The Hall–Kier alpha value is -1.06. The van der Waals surface area contributed by atoms with E-state index in [0.717, 1.165) is 5.56 Å². The molecule has 0 bridgehead atoms. The van der Waals surface area contributed by atoms with E-state index in [9.17, 15) is 4.79 Å². The quantitative estimate of drug-likeness (QED) is 0.772. The number of ether oxygens (including phenoxy) is 1. The third kappa shape index (κ3) is 3.01. The number of nitrogens with two attached hydrogens (primary N) is 1. The first-order valence-corrected chi connectivity index (χ1v) is 4.59. The maximum Gasteiger partial charge on any atom is 0.322 e. The molecule has 14 heavy (non-hydrogen) atoms. The Bertz CT molecular complexity index is 328. The number of halogens is 1. The van der Waals surface area contributed by atoms with Gasteiger partial charge in [-0.25, -0.2) is 0 Å². The van der Waals surface area contributed by atoms with E-state index >= 15 is 0 Å². The molecule has 0 aliphatic heterocycles. The molecule has 1 atom stereocenters. The summed E-state index contributed by atoms with van der Waals surface area (Å²) in [4.78, 5) is 11.0. The number of hydrogen-bond acceptors (Lipinski definition) is 3. The maximum absolute atomic E-state index is 11.0. The fraction of sp³-hybridized carbons (Fsp3) is 0.300. The zero-order valence-electron chi connectivity index (χ0n) is 7.87. The summed E-state index contributed by atoms with van der Waals surface area (Å²) >= 11 is 5.78. The van der Waals surface area contributed by atoms with Crippen molar-refractivity contribution in [3.8, 4) is 0 Å². The van der Waals surface area contributed by atoms with Crippen molar-refractivity contribution >= 4 is 17.6 Å². The van der Waals surface area contributed by atoms with Crippen LogP contribution in [-0.2, 0) is 16.0 Å². The van der Waals surface area contributed by atoms with Crippen molar-refractivity contribution < 1.29 is 9.53 Å². The average molecular weight is 214 g/mol. The van der Waals surface area contributed by atoms with Crippen LogP contribution < -0.4 is 5.73 Å². The maximum atomic E-state index is 11.0. The molecule has 0 saturated carbocycles. The number of carbonyl (C=O) groups is 1. The van der Waals surface area contributed by atoms with Gasteiger partial charge in [-0.05, 0) is 24.1 Å². The lowest BCUT2D eigenvalue weighted by Crippen LogP contribution is -2.33. The molecule has 2 N–H and O–H groups in total. The van der Waals surface area contributed by atoms with Crippen molar-refractivity contribution in [2.24, 2.45) is 5.73 Å². The highest BCUT2D eigenvalue weighted by atomic mass is 35.5. The summed E-state index contributed by atoms with van der Waals surface area (Å²) in [5.74, 6) is -0.412. The van der Waals surface area contributed by atoms with Gasteiger partial charge in [-0.2, -0.15) is 0 Å². The van der Waals surface area contributed by atoms with Crippen LogP contribution in [0.2, 0.25) is 5.02 Å². The van der Waals surface area contributed by atoms with Crippen LogP contribution in [-0.4, -0.2) is 19.1 Å². The molecule has 0 aliphatic carbocycles. The Morgan fingerprint density at radius 1 is 1.64 bits per heavy atom. The Morgan fingerprint density at radius 3 is 2.93 bits per heavy atom. The first kappa shape index (κ1) is 11.0. The van der Waals surface area contributed by atoms with Crippen LogP contribution in [0.1, 0.15) is 5.56 Å². The van der Waals surface area contributed by atoms with Crippen LogP contribution in [0.15, 0.2) is 24.3 Å². The van der Waals surface area contributed by atoms with Crippen molar-refractivity contribution in [2.45, 2.75) is 12.5 Å². The van der Waals surface area contributed by atoms with E-state index in [4.69, 9.17) is 17.3 Å². The second kappa shape index (κ2) is 4.98. The van der Waals surface area contributed by atoms with Gasteiger partial charge >= 0.3 is 5.97 Å². The normalized spacial score (nSPS) is 12.2. The third-order valence-electron chi connectivity index (χ3n) is 1.85. The summed E-state index contributed by atoms with van der Waals surface area (Å²) in [6.45, 7) is 0. The zero-order valence-corrected chi connectivity index (χ0v) is 8.62. The van der Waals surface area contributed by atoms with Gasteiger partial charge < -0.3 is 10.5 Å². The summed E-state index contributed by atoms with van der Waals surface area (Å²) in [5.41, 5.74) is 6.52. The van der Waals surface area contributed by atoms with E-state index in [0.29, 0.717) is 11.4 Å². The first-order chi connectivity index (χ1) is 6.63. The molecule has 76 valence electrons. The van der Waals surface area contributed by atoms with Gasteiger partial charge in [0.15, 0.2) is 0 Å². The molecule has 0 spiro atoms. The zero-order chi connectivity index (χ0) is 10.6. The molecule has 1 aromatic carbocycles. The average Bonchev–Trinajstić information content (AvgIpc) is 2.16. The first-order valence-electron chi connectivity index (χ1n) is 4.21. The molecule has 0 saturated heterocycles. The topological polar surface area (TPSA) is 52.3 Å². The van der Waals surface area contributed by atoms with Gasteiger partial charge in [-0.3, -0.25) is 4.79 Å². The summed E-state index contributed by atoms with van der Waals surface area (Å²) in [7, 11) is 1.32. The second-order valence-electron chi connectivity index (χ2n) is 2.96. The predicted molar refractivity (Wildman–Crippen MR) is 55.1 cm³/mol. The van der Waals surface area contributed by atoms with Gasteiger partial charge in [0.05, 0.1) is 7.11 Å². The standard InChI is InChI=1S/C10H12ClNO2/c1-14-10(13)9(12)6-7-3-2-4-8(11)5-7/h2-5,9H,6,12H2,1H3/t9-/m1/s1. The van der Waals surface area contributed by atoms with Gasteiger partial charge in [0, 0.05) is 5.02 Å². The minimum absolute atomic E-state index is 0.412. The van der Waals surface area contributed by atoms with Crippen molar-refractivity contribution in [3.63, 3.8) is 0 Å². The van der Waals surface area contributed by atoms with E-state index < -0.39 is 12.0 Å². The molecule has 0 amide bonds. The predicted octanol–water partition coefficient (Wildman–Crippen LogP) is 1.38. The summed E-state index contributed by atoms with van der Waals surface area (Å²) in [5, 5.41) is 0.638. The number of hydrogen-bond donors (Lipinski definition) is 1. The molecule has 0 aromatic heterocycles. The number of rotatable bonds is 3. The number of methoxy groups -OCH3 is 1. The minimum atomic E-state index is -0.626.